The maximum atomic E-state index is 12.9. The number of carboxylic acid groups (broad SMARTS) is 1. The van der Waals surface area contributed by atoms with Crippen molar-refractivity contribution in [1.82, 2.24) is 10.2 Å². The van der Waals surface area contributed by atoms with E-state index < -0.39 is 17.0 Å². The smallest absolute Gasteiger partial charge is 0.408 e. The predicted molar refractivity (Wildman–Crippen MR) is 84.4 cm³/mol. The molecule has 0 bridgehead atoms. The lowest BCUT2D eigenvalue weighted by atomic mass is 9.71. The van der Waals surface area contributed by atoms with Crippen molar-refractivity contribution in [2.45, 2.75) is 45.7 Å². The summed E-state index contributed by atoms with van der Waals surface area (Å²) in [6.07, 6.45) is 0.244. The van der Waals surface area contributed by atoms with Crippen molar-refractivity contribution < 1.29 is 14.7 Å². The van der Waals surface area contributed by atoms with E-state index in [0.717, 1.165) is 5.56 Å². The van der Waals surface area contributed by atoms with Crippen LogP contribution in [0, 0.1) is 5.41 Å². The molecule has 120 valence electrons. The van der Waals surface area contributed by atoms with E-state index in [-0.39, 0.29) is 5.91 Å². The van der Waals surface area contributed by atoms with Crippen LogP contribution >= 0.6 is 0 Å². The molecule has 5 heteroatoms. The summed E-state index contributed by atoms with van der Waals surface area (Å²) in [5.41, 5.74) is -0.476. The van der Waals surface area contributed by atoms with Crippen LogP contribution in [0.2, 0.25) is 0 Å². The summed E-state index contributed by atoms with van der Waals surface area (Å²) in [6.45, 7) is 6.60. The van der Waals surface area contributed by atoms with E-state index in [1.54, 1.807) is 0 Å². The van der Waals surface area contributed by atoms with Crippen LogP contribution in [0.5, 0.6) is 0 Å². The molecule has 1 aromatic rings. The number of hydrogen-bond donors (Lipinski definition) is 2. The lowest BCUT2D eigenvalue weighted by molar-refractivity contribution is -0.137. The number of carbonyl (C=O) groups is 2. The first-order valence-electron chi connectivity index (χ1n) is 7.62. The summed E-state index contributed by atoms with van der Waals surface area (Å²) < 4.78 is 0. The van der Waals surface area contributed by atoms with Crippen molar-refractivity contribution >= 4 is 12.0 Å². The van der Waals surface area contributed by atoms with Crippen LogP contribution in [0.3, 0.4) is 0 Å². The molecule has 0 aromatic heterocycles. The van der Waals surface area contributed by atoms with E-state index in [4.69, 9.17) is 0 Å². The van der Waals surface area contributed by atoms with Gasteiger partial charge in [0.25, 0.3) is 0 Å². The minimum Gasteiger partial charge on any atom is -0.465 e. The Morgan fingerprint density at radius 3 is 2.45 bits per heavy atom. The highest BCUT2D eigenvalue weighted by molar-refractivity contribution is 5.91. The van der Waals surface area contributed by atoms with Crippen molar-refractivity contribution in [2.75, 3.05) is 6.54 Å². The van der Waals surface area contributed by atoms with Crippen molar-refractivity contribution in [2.24, 2.45) is 5.41 Å². The Balaban J connectivity index is 2.23. The van der Waals surface area contributed by atoms with Crippen LogP contribution in [0.1, 0.15) is 39.2 Å². The van der Waals surface area contributed by atoms with Gasteiger partial charge < -0.3 is 10.4 Å². The molecule has 1 saturated heterocycles. The van der Waals surface area contributed by atoms with Gasteiger partial charge in [-0.3, -0.25) is 9.69 Å². The first-order valence-corrected chi connectivity index (χ1v) is 7.62. The molecule has 5 nitrogen and oxygen atoms in total. The number of carbonyl (C=O) groups excluding carboxylic acids is 1. The summed E-state index contributed by atoms with van der Waals surface area (Å²) >= 11 is 0. The number of rotatable bonds is 3. The van der Waals surface area contributed by atoms with Gasteiger partial charge in [0, 0.05) is 13.1 Å². The molecule has 1 aromatic carbocycles. The Hall–Kier alpha value is -2.04. The Morgan fingerprint density at radius 1 is 1.27 bits per heavy atom. The zero-order chi connectivity index (χ0) is 16.4. The third kappa shape index (κ3) is 2.80. The lowest BCUT2D eigenvalue weighted by Gasteiger charge is -2.45. The van der Waals surface area contributed by atoms with Gasteiger partial charge >= 0.3 is 6.09 Å². The molecule has 2 amide bonds. The van der Waals surface area contributed by atoms with Crippen LogP contribution in [-0.4, -0.2) is 34.1 Å². The normalized spacial score (nSPS) is 21.7. The van der Waals surface area contributed by atoms with Gasteiger partial charge in [-0.2, -0.15) is 0 Å². The molecule has 1 fully saturated rings. The number of likely N-dealkylation sites (tertiary alicyclic amines) is 1. The van der Waals surface area contributed by atoms with E-state index in [1.807, 2.05) is 51.1 Å². The summed E-state index contributed by atoms with van der Waals surface area (Å²) in [6, 6.07) is 9.63. The molecule has 0 unspecified atom stereocenters. The van der Waals surface area contributed by atoms with Crippen LogP contribution in [-0.2, 0) is 11.3 Å². The topological polar surface area (TPSA) is 69.6 Å². The van der Waals surface area contributed by atoms with Crippen molar-refractivity contribution in [1.29, 1.82) is 0 Å². The maximum Gasteiger partial charge on any atom is 0.408 e. The van der Waals surface area contributed by atoms with E-state index in [0.29, 0.717) is 25.9 Å². The fourth-order valence-corrected chi connectivity index (χ4v) is 3.36. The van der Waals surface area contributed by atoms with Gasteiger partial charge in [-0.1, -0.05) is 51.1 Å². The molecular weight excluding hydrogens is 280 g/mol. The predicted octanol–water partition coefficient (Wildman–Crippen LogP) is 2.86. The largest absolute Gasteiger partial charge is 0.465 e. The number of benzene rings is 1. The molecule has 2 rings (SSSR count). The van der Waals surface area contributed by atoms with E-state index >= 15 is 0 Å². The minimum absolute atomic E-state index is 0.205. The van der Waals surface area contributed by atoms with Gasteiger partial charge in [0.1, 0.15) is 5.54 Å². The van der Waals surface area contributed by atoms with Crippen molar-refractivity contribution in [3.8, 4) is 0 Å². The Bertz CT molecular complexity index is 551. The van der Waals surface area contributed by atoms with Crippen LogP contribution in [0.15, 0.2) is 30.3 Å². The second-order valence-corrected chi connectivity index (χ2v) is 6.82. The van der Waals surface area contributed by atoms with Gasteiger partial charge in [0.15, 0.2) is 0 Å². The molecule has 0 radical (unpaired) electrons. The van der Waals surface area contributed by atoms with Gasteiger partial charge in [-0.25, -0.2) is 4.79 Å². The zero-order valence-electron chi connectivity index (χ0n) is 13.4. The third-order valence-electron chi connectivity index (χ3n) is 4.52. The monoisotopic (exact) mass is 304 g/mol. The number of nitrogens with zero attached hydrogens (tertiary/aromatic N) is 1. The van der Waals surface area contributed by atoms with Crippen LogP contribution in [0.25, 0.3) is 0 Å². The summed E-state index contributed by atoms with van der Waals surface area (Å²) in [4.78, 5) is 25.8. The lowest BCUT2D eigenvalue weighted by Crippen LogP contribution is -2.63. The average molecular weight is 304 g/mol. The molecular formula is C17H24N2O3. The minimum atomic E-state index is -1.03. The summed E-state index contributed by atoms with van der Waals surface area (Å²) in [5, 5.41) is 12.4. The first kappa shape index (κ1) is 16.3. The van der Waals surface area contributed by atoms with Crippen LogP contribution in [0.4, 0.5) is 4.79 Å². The Morgan fingerprint density at radius 2 is 1.91 bits per heavy atom. The zero-order valence-corrected chi connectivity index (χ0v) is 13.4. The van der Waals surface area contributed by atoms with E-state index in [9.17, 15) is 14.7 Å². The standard InChI is InChI=1S/C17H24N2O3/c1-16(2,3)17(10-7-11-19(17)15(21)22)14(20)18-12-13-8-5-4-6-9-13/h4-6,8-9H,7,10-12H2,1-3H3,(H,18,20)(H,21,22)/t17-/m1/s1. The fraction of sp³-hybridized carbons (Fsp3) is 0.529. The fourth-order valence-electron chi connectivity index (χ4n) is 3.36. The molecule has 1 aliphatic heterocycles. The average Bonchev–Trinajstić information content (AvgIpc) is 2.91. The number of amides is 2. The molecule has 22 heavy (non-hydrogen) atoms. The SMILES string of the molecule is CC(C)(C)[C@]1(C(=O)NCc2ccccc2)CCCN1C(=O)O. The summed E-state index contributed by atoms with van der Waals surface area (Å²) in [5.74, 6) is -0.205. The highest BCUT2D eigenvalue weighted by atomic mass is 16.4. The van der Waals surface area contributed by atoms with Crippen molar-refractivity contribution in [3.63, 3.8) is 0 Å². The molecule has 0 spiro atoms. The van der Waals surface area contributed by atoms with Crippen molar-refractivity contribution in [3.05, 3.63) is 35.9 Å². The van der Waals surface area contributed by atoms with Gasteiger partial charge in [0.2, 0.25) is 5.91 Å². The molecule has 2 N–H and O–H groups in total. The van der Waals surface area contributed by atoms with E-state index in [2.05, 4.69) is 5.32 Å². The van der Waals surface area contributed by atoms with Crippen LogP contribution < -0.4 is 5.32 Å². The molecule has 0 aliphatic carbocycles. The summed E-state index contributed by atoms with van der Waals surface area (Å²) in [7, 11) is 0. The number of nitrogens with one attached hydrogen (secondary N) is 1. The Labute approximate surface area is 131 Å². The quantitative estimate of drug-likeness (QED) is 0.902. The molecule has 0 saturated carbocycles. The third-order valence-corrected chi connectivity index (χ3v) is 4.52. The molecule has 1 aliphatic rings. The number of hydrogen-bond acceptors (Lipinski definition) is 2. The highest BCUT2D eigenvalue weighted by Gasteiger charge is 2.57. The first-order chi connectivity index (χ1) is 10.3. The second kappa shape index (κ2) is 5.99. The molecule has 1 heterocycles. The second-order valence-electron chi connectivity index (χ2n) is 6.82. The molecule has 1 atom stereocenters. The Kier molecular flexibility index (Phi) is 4.44. The maximum absolute atomic E-state index is 12.9. The highest BCUT2D eigenvalue weighted by Crippen LogP contribution is 2.44. The van der Waals surface area contributed by atoms with Gasteiger partial charge in [0.05, 0.1) is 0 Å². The van der Waals surface area contributed by atoms with Gasteiger partial charge in [-0.15, -0.1) is 0 Å². The van der Waals surface area contributed by atoms with E-state index in [1.165, 1.54) is 4.90 Å². The van der Waals surface area contributed by atoms with Gasteiger partial charge in [-0.05, 0) is 23.8 Å².